The van der Waals surface area contributed by atoms with Crippen molar-refractivity contribution in [2.45, 2.75) is 70.9 Å². The predicted octanol–water partition coefficient (Wildman–Crippen LogP) is 4.14. The van der Waals surface area contributed by atoms with Crippen LogP contribution in [0.1, 0.15) is 58.8 Å². The molecule has 1 saturated carbocycles. The monoisotopic (exact) mass is 506 g/mol. The second kappa shape index (κ2) is 11.2. The minimum absolute atomic E-state index is 0.0353. The molecule has 2 aliphatic rings. The summed E-state index contributed by atoms with van der Waals surface area (Å²) in [5, 5.41) is 0. The van der Waals surface area contributed by atoms with Crippen molar-refractivity contribution in [1.82, 2.24) is 9.80 Å². The molecule has 1 atom stereocenters. The fourth-order valence-corrected chi connectivity index (χ4v) is 5.35. The Morgan fingerprint density at radius 2 is 1.81 bits per heavy atom. The molecule has 1 aliphatic carbocycles. The topological polar surface area (TPSA) is 87.0 Å². The van der Waals surface area contributed by atoms with Crippen LogP contribution in [0, 0.1) is 5.92 Å². The molecule has 0 radical (unpaired) electrons. The van der Waals surface area contributed by atoms with Crippen molar-refractivity contribution in [3.63, 3.8) is 0 Å². The van der Waals surface area contributed by atoms with E-state index in [1.54, 1.807) is 4.90 Å². The molecule has 7 nitrogen and oxygen atoms in total. The zero-order valence-electron chi connectivity index (χ0n) is 19.1. The highest BCUT2D eigenvalue weighted by Crippen LogP contribution is 2.35. The van der Waals surface area contributed by atoms with E-state index in [1.807, 2.05) is 43.0 Å². The lowest BCUT2D eigenvalue weighted by molar-refractivity contribution is -0.136. The molecule has 1 saturated heterocycles. The molecule has 8 heteroatoms. The maximum absolute atomic E-state index is 13.6. The number of halogens is 1. The predicted molar refractivity (Wildman–Crippen MR) is 129 cm³/mol. The zero-order valence-corrected chi connectivity index (χ0v) is 20.7. The van der Waals surface area contributed by atoms with Gasteiger partial charge in [0.1, 0.15) is 0 Å². The summed E-state index contributed by atoms with van der Waals surface area (Å²) >= 11 is 3.58. The number of carbonyl (C=O) groups excluding carboxylic acids is 3. The second-order valence-electron chi connectivity index (χ2n) is 9.39. The van der Waals surface area contributed by atoms with Gasteiger partial charge in [-0.15, -0.1) is 0 Å². The highest BCUT2D eigenvalue weighted by molar-refractivity contribution is 9.10. The third-order valence-corrected chi connectivity index (χ3v) is 6.97. The molecule has 4 amide bonds. The van der Waals surface area contributed by atoms with Crippen LogP contribution in [0.4, 0.5) is 10.5 Å². The van der Waals surface area contributed by atoms with Gasteiger partial charge in [-0.3, -0.25) is 14.5 Å². The lowest BCUT2D eigenvalue weighted by atomic mass is 10.1. The zero-order chi connectivity index (χ0) is 23.3. The summed E-state index contributed by atoms with van der Waals surface area (Å²) in [6.45, 7) is 4.88. The Morgan fingerprint density at radius 1 is 1.16 bits per heavy atom. The van der Waals surface area contributed by atoms with Gasteiger partial charge in [0.25, 0.3) is 0 Å². The Kier molecular flexibility index (Phi) is 8.57. The van der Waals surface area contributed by atoms with Crippen molar-refractivity contribution >= 4 is 39.5 Å². The van der Waals surface area contributed by atoms with Gasteiger partial charge in [0.05, 0.1) is 18.3 Å². The van der Waals surface area contributed by atoms with Gasteiger partial charge >= 0.3 is 6.03 Å². The van der Waals surface area contributed by atoms with Crippen molar-refractivity contribution < 1.29 is 14.4 Å². The minimum atomic E-state index is -0.524. The summed E-state index contributed by atoms with van der Waals surface area (Å²) in [5.74, 6) is -0.454. The van der Waals surface area contributed by atoms with E-state index in [1.165, 1.54) is 17.7 Å². The average molecular weight is 507 g/mol. The van der Waals surface area contributed by atoms with E-state index in [0.29, 0.717) is 13.1 Å². The molecule has 0 bridgehead atoms. The Labute approximate surface area is 199 Å². The van der Waals surface area contributed by atoms with E-state index < -0.39 is 5.91 Å². The van der Waals surface area contributed by atoms with Gasteiger partial charge in [-0.2, -0.15) is 0 Å². The summed E-state index contributed by atoms with van der Waals surface area (Å²) in [6.07, 6.45) is 6.88. The molecule has 0 aromatic heterocycles. The molecule has 1 aromatic carbocycles. The maximum Gasteiger partial charge on any atom is 0.325 e. The number of urea groups is 1. The van der Waals surface area contributed by atoms with E-state index in [9.17, 15) is 14.4 Å². The standard InChI is InChI=1S/C24H35BrN4O3/c1-17(2)14-27(16-22(26)30)23(31)13-19-15-28(18-9-5-3-4-6-10-18)24(32)29(19)21-12-8-7-11-20(21)25/h7-8,11-12,17-19H,3-6,9-10,13-16H2,1-2H3,(H2,26,30). The first-order valence-electron chi connectivity index (χ1n) is 11.7. The van der Waals surface area contributed by atoms with Gasteiger partial charge in [-0.05, 0) is 46.8 Å². The van der Waals surface area contributed by atoms with E-state index >= 15 is 0 Å². The number of hydrogen-bond donors (Lipinski definition) is 1. The van der Waals surface area contributed by atoms with Crippen LogP contribution in [0.5, 0.6) is 0 Å². The molecule has 2 fully saturated rings. The molecule has 0 spiro atoms. The van der Waals surface area contributed by atoms with E-state index in [2.05, 4.69) is 15.9 Å². The fourth-order valence-electron chi connectivity index (χ4n) is 4.87. The number of para-hydroxylation sites is 1. The lowest BCUT2D eigenvalue weighted by Gasteiger charge is -2.28. The first kappa shape index (κ1) is 24.6. The number of amides is 4. The molecular weight excluding hydrogens is 472 g/mol. The molecule has 1 unspecified atom stereocenters. The van der Waals surface area contributed by atoms with Crippen molar-refractivity contribution in [1.29, 1.82) is 0 Å². The van der Waals surface area contributed by atoms with E-state index in [-0.39, 0.29) is 42.9 Å². The summed E-state index contributed by atoms with van der Waals surface area (Å²) in [4.78, 5) is 43.7. The number of hydrogen-bond acceptors (Lipinski definition) is 3. The molecule has 32 heavy (non-hydrogen) atoms. The van der Waals surface area contributed by atoms with Crippen LogP contribution >= 0.6 is 15.9 Å². The number of rotatable bonds is 8. The van der Waals surface area contributed by atoms with Crippen LogP contribution in [0.15, 0.2) is 28.7 Å². The second-order valence-corrected chi connectivity index (χ2v) is 10.2. The largest absolute Gasteiger partial charge is 0.368 e. The van der Waals surface area contributed by atoms with E-state index in [4.69, 9.17) is 5.73 Å². The summed E-state index contributed by atoms with van der Waals surface area (Å²) in [5.41, 5.74) is 6.17. The Hall–Kier alpha value is -2.09. The summed E-state index contributed by atoms with van der Waals surface area (Å²) < 4.78 is 0.824. The number of carbonyl (C=O) groups is 3. The van der Waals surface area contributed by atoms with Crippen molar-refractivity contribution in [3.8, 4) is 0 Å². The minimum Gasteiger partial charge on any atom is -0.368 e. The van der Waals surface area contributed by atoms with Crippen LogP contribution in [-0.4, -0.2) is 59.4 Å². The van der Waals surface area contributed by atoms with Crippen molar-refractivity contribution in [3.05, 3.63) is 28.7 Å². The molecule has 2 N–H and O–H groups in total. The number of nitrogens with zero attached hydrogens (tertiary/aromatic N) is 3. The van der Waals surface area contributed by atoms with Crippen LogP contribution < -0.4 is 10.6 Å². The van der Waals surface area contributed by atoms with Crippen LogP contribution in [-0.2, 0) is 9.59 Å². The van der Waals surface area contributed by atoms with Crippen molar-refractivity contribution in [2.24, 2.45) is 11.7 Å². The molecule has 1 heterocycles. The van der Waals surface area contributed by atoms with Crippen LogP contribution in [0.25, 0.3) is 0 Å². The molecule has 1 aromatic rings. The molecular formula is C24H35BrN4O3. The van der Waals surface area contributed by atoms with Crippen molar-refractivity contribution in [2.75, 3.05) is 24.5 Å². The molecule has 3 rings (SSSR count). The van der Waals surface area contributed by atoms with Gasteiger partial charge < -0.3 is 15.5 Å². The number of nitrogens with two attached hydrogens (primary N) is 1. The van der Waals surface area contributed by atoms with Crippen LogP contribution in [0.2, 0.25) is 0 Å². The smallest absolute Gasteiger partial charge is 0.325 e. The highest BCUT2D eigenvalue weighted by Gasteiger charge is 2.43. The first-order valence-corrected chi connectivity index (χ1v) is 12.5. The van der Waals surface area contributed by atoms with Gasteiger partial charge in [0.2, 0.25) is 11.8 Å². The quantitative estimate of drug-likeness (QED) is 0.537. The third-order valence-electron chi connectivity index (χ3n) is 6.30. The maximum atomic E-state index is 13.6. The Morgan fingerprint density at radius 3 is 2.41 bits per heavy atom. The number of benzene rings is 1. The lowest BCUT2D eigenvalue weighted by Crippen LogP contribution is -2.44. The first-order chi connectivity index (χ1) is 15.3. The summed E-state index contributed by atoms with van der Waals surface area (Å²) in [7, 11) is 0. The third kappa shape index (κ3) is 6.03. The van der Waals surface area contributed by atoms with Crippen LogP contribution in [0.3, 0.4) is 0 Å². The van der Waals surface area contributed by atoms with E-state index in [0.717, 1.165) is 35.8 Å². The Bertz CT molecular complexity index is 823. The van der Waals surface area contributed by atoms with Gasteiger partial charge in [-0.1, -0.05) is 51.7 Å². The highest BCUT2D eigenvalue weighted by atomic mass is 79.9. The molecule has 176 valence electrons. The van der Waals surface area contributed by atoms with Gasteiger partial charge in [-0.25, -0.2) is 4.79 Å². The SMILES string of the molecule is CC(C)CN(CC(N)=O)C(=O)CC1CN(C2CCCCCC2)C(=O)N1c1ccccc1Br. The molecule has 1 aliphatic heterocycles. The normalized spacial score (nSPS) is 20.0. The number of primary amides is 1. The number of anilines is 1. The van der Waals surface area contributed by atoms with Gasteiger partial charge in [0.15, 0.2) is 0 Å². The average Bonchev–Trinajstić information content (AvgIpc) is 2.90. The Balaban J connectivity index is 1.86. The fraction of sp³-hybridized carbons (Fsp3) is 0.625. The van der Waals surface area contributed by atoms with Gasteiger partial charge in [0, 0.05) is 30.0 Å². The summed E-state index contributed by atoms with van der Waals surface area (Å²) in [6, 6.07) is 7.52.